The van der Waals surface area contributed by atoms with Gasteiger partial charge in [0.25, 0.3) is 5.91 Å². The van der Waals surface area contributed by atoms with E-state index in [0.29, 0.717) is 25.4 Å². The molecular weight excluding hydrogens is 320 g/mol. The topological polar surface area (TPSA) is 77.4 Å². The van der Waals surface area contributed by atoms with E-state index in [0.717, 1.165) is 25.0 Å². The van der Waals surface area contributed by atoms with Crippen LogP contribution in [-0.2, 0) is 4.74 Å². The van der Waals surface area contributed by atoms with Gasteiger partial charge in [0.1, 0.15) is 17.5 Å². The zero-order valence-corrected chi connectivity index (χ0v) is 13.9. The lowest BCUT2D eigenvalue weighted by Crippen LogP contribution is -2.50. The minimum atomic E-state index is -0.330. The number of piperidine rings is 1. The van der Waals surface area contributed by atoms with Gasteiger partial charge >= 0.3 is 0 Å². The predicted molar refractivity (Wildman–Crippen MR) is 89.1 cm³/mol. The van der Waals surface area contributed by atoms with Gasteiger partial charge in [-0.25, -0.2) is 4.98 Å². The van der Waals surface area contributed by atoms with Crippen molar-refractivity contribution >= 4 is 5.91 Å². The maximum absolute atomic E-state index is 12.6. The summed E-state index contributed by atoms with van der Waals surface area (Å²) in [4.78, 5) is 26.6. The van der Waals surface area contributed by atoms with Crippen LogP contribution < -0.4 is 4.74 Å². The molecule has 2 fully saturated rings. The third-order valence-electron chi connectivity index (χ3n) is 4.72. The standard InChI is InChI=1S/C18H20N4O3/c23-17(16-11-20-6-7-21-16)22-8-2-4-18(13-22)9-15(12-24-18)25-14-3-1-5-19-10-14/h1,3,5-7,10-11,15H,2,4,8-9,12-13H2/t15-,18+/m1/s1. The van der Waals surface area contributed by atoms with Crippen LogP contribution in [-0.4, -0.2) is 57.2 Å². The molecule has 1 amide bonds. The Morgan fingerprint density at radius 3 is 3.00 bits per heavy atom. The average molecular weight is 340 g/mol. The van der Waals surface area contributed by atoms with Gasteiger partial charge in [0.2, 0.25) is 0 Å². The van der Waals surface area contributed by atoms with Crippen LogP contribution in [0.15, 0.2) is 43.1 Å². The summed E-state index contributed by atoms with van der Waals surface area (Å²) in [7, 11) is 0. The van der Waals surface area contributed by atoms with E-state index in [1.807, 2.05) is 17.0 Å². The third-order valence-corrected chi connectivity index (χ3v) is 4.72. The van der Waals surface area contributed by atoms with Crippen molar-refractivity contribution in [3.8, 4) is 5.75 Å². The molecule has 0 bridgehead atoms. The van der Waals surface area contributed by atoms with Crippen molar-refractivity contribution in [2.45, 2.75) is 31.0 Å². The van der Waals surface area contributed by atoms with E-state index in [2.05, 4.69) is 15.0 Å². The minimum Gasteiger partial charge on any atom is -0.486 e. The van der Waals surface area contributed by atoms with Crippen molar-refractivity contribution in [1.29, 1.82) is 0 Å². The zero-order valence-electron chi connectivity index (χ0n) is 13.9. The van der Waals surface area contributed by atoms with Crippen LogP contribution >= 0.6 is 0 Å². The smallest absolute Gasteiger partial charge is 0.274 e. The molecule has 7 heteroatoms. The summed E-state index contributed by atoms with van der Waals surface area (Å²) < 4.78 is 12.1. The van der Waals surface area contributed by atoms with Crippen LogP contribution in [0.1, 0.15) is 29.8 Å². The Morgan fingerprint density at radius 2 is 2.20 bits per heavy atom. The number of likely N-dealkylation sites (tertiary alicyclic amines) is 1. The minimum absolute atomic E-state index is 0.0178. The molecule has 7 nitrogen and oxygen atoms in total. The molecule has 0 radical (unpaired) electrons. The fourth-order valence-electron chi connectivity index (χ4n) is 3.61. The Morgan fingerprint density at radius 1 is 1.28 bits per heavy atom. The number of carbonyl (C=O) groups is 1. The summed E-state index contributed by atoms with van der Waals surface area (Å²) in [6, 6.07) is 3.74. The highest BCUT2D eigenvalue weighted by atomic mass is 16.6. The van der Waals surface area contributed by atoms with E-state index < -0.39 is 0 Å². The maximum Gasteiger partial charge on any atom is 0.274 e. The molecule has 0 N–H and O–H groups in total. The summed E-state index contributed by atoms with van der Waals surface area (Å²) in [5.41, 5.74) is 0.0453. The van der Waals surface area contributed by atoms with E-state index >= 15 is 0 Å². The second kappa shape index (κ2) is 6.76. The zero-order chi connectivity index (χ0) is 17.1. The van der Waals surface area contributed by atoms with Gasteiger partial charge in [-0.15, -0.1) is 0 Å². The van der Waals surface area contributed by atoms with Gasteiger partial charge in [0.15, 0.2) is 0 Å². The SMILES string of the molecule is O=C(c1cnccn1)N1CCC[C@]2(C[C@@H](Oc3cccnc3)CO2)C1. The van der Waals surface area contributed by atoms with Gasteiger partial charge < -0.3 is 14.4 Å². The normalized spacial score (nSPS) is 25.9. The molecule has 4 heterocycles. The van der Waals surface area contributed by atoms with Gasteiger partial charge in [-0.3, -0.25) is 14.8 Å². The first-order valence-electron chi connectivity index (χ1n) is 8.50. The van der Waals surface area contributed by atoms with Gasteiger partial charge in [-0.05, 0) is 25.0 Å². The van der Waals surface area contributed by atoms with Gasteiger partial charge in [-0.2, -0.15) is 0 Å². The summed E-state index contributed by atoms with van der Waals surface area (Å²) in [5, 5.41) is 0. The Labute approximate surface area is 146 Å². The number of hydrogen-bond donors (Lipinski definition) is 0. The van der Waals surface area contributed by atoms with Crippen LogP contribution in [0.5, 0.6) is 5.75 Å². The number of rotatable bonds is 3. The Hall–Kier alpha value is -2.54. The number of nitrogens with zero attached hydrogens (tertiary/aromatic N) is 4. The van der Waals surface area contributed by atoms with Crippen molar-refractivity contribution < 1.29 is 14.3 Å². The van der Waals surface area contributed by atoms with E-state index in [1.165, 1.54) is 12.4 Å². The van der Waals surface area contributed by atoms with Crippen LogP contribution in [0, 0.1) is 0 Å². The number of hydrogen-bond acceptors (Lipinski definition) is 6. The second-order valence-electron chi connectivity index (χ2n) is 6.55. The van der Waals surface area contributed by atoms with Crippen molar-refractivity contribution in [3.63, 3.8) is 0 Å². The van der Waals surface area contributed by atoms with Crippen LogP contribution in [0.25, 0.3) is 0 Å². The molecule has 0 aliphatic carbocycles. The van der Waals surface area contributed by atoms with E-state index in [9.17, 15) is 4.79 Å². The molecular formula is C18H20N4O3. The first-order chi connectivity index (χ1) is 12.2. The second-order valence-corrected chi connectivity index (χ2v) is 6.55. The summed E-state index contributed by atoms with van der Waals surface area (Å²) >= 11 is 0. The van der Waals surface area contributed by atoms with E-state index in [4.69, 9.17) is 9.47 Å². The molecule has 2 aliphatic heterocycles. The van der Waals surface area contributed by atoms with Crippen molar-refractivity contribution in [1.82, 2.24) is 19.9 Å². The fourth-order valence-corrected chi connectivity index (χ4v) is 3.61. The first-order valence-corrected chi connectivity index (χ1v) is 8.50. The lowest BCUT2D eigenvalue weighted by Gasteiger charge is -2.39. The van der Waals surface area contributed by atoms with Gasteiger partial charge in [-0.1, -0.05) is 0 Å². The lowest BCUT2D eigenvalue weighted by molar-refractivity contribution is -0.0454. The summed E-state index contributed by atoms with van der Waals surface area (Å²) in [6.45, 7) is 1.81. The van der Waals surface area contributed by atoms with Crippen molar-refractivity contribution in [2.75, 3.05) is 19.7 Å². The van der Waals surface area contributed by atoms with Gasteiger partial charge in [0, 0.05) is 31.6 Å². The Kier molecular flexibility index (Phi) is 4.31. The van der Waals surface area contributed by atoms with Crippen molar-refractivity contribution in [2.24, 2.45) is 0 Å². The molecule has 130 valence electrons. The molecule has 1 spiro atoms. The number of aromatic nitrogens is 3. The molecule has 4 rings (SSSR count). The van der Waals surface area contributed by atoms with E-state index in [-0.39, 0.29) is 17.6 Å². The Balaban J connectivity index is 1.42. The molecule has 2 saturated heterocycles. The fraction of sp³-hybridized carbons (Fsp3) is 0.444. The third kappa shape index (κ3) is 3.46. The first kappa shape index (κ1) is 16.0. The van der Waals surface area contributed by atoms with Crippen LogP contribution in [0.3, 0.4) is 0 Å². The van der Waals surface area contributed by atoms with Crippen LogP contribution in [0.2, 0.25) is 0 Å². The molecule has 2 aliphatic rings. The largest absolute Gasteiger partial charge is 0.486 e. The number of pyridine rings is 1. The predicted octanol–water partition coefficient (Wildman–Crippen LogP) is 1.71. The molecule has 2 atom stereocenters. The monoisotopic (exact) mass is 340 g/mol. The number of ether oxygens (including phenoxy) is 2. The quantitative estimate of drug-likeness (QED) is 0.847. The van der Waals surface area contributed by atoms with E-state index in [1.54, 1.807) is 18.6 Å². The highest BCUT2D eigenvalue weighted by Crippen LogP contribution is 2.36. The highest BCUT2D eigenvalue weighted by Gasteiger charge is 2.45. The highest BCUT2D eigenvalue weighted by molar-refractivity contribution is 5.92. The molecule has 0 unspecified atom stereocenters. The Bertz CT molecular complexity index is 728. The lowest BCUT2D eigenvalue weighted by atomic mass is 9.89. The summed E-state index contributed by atoms with van der Waals surface area (Å²) in [6.07, 6.45) is 10.6. The molecule has 2 aromatic rings. The molecule has 2 aromatic heterocycles. The van der Waals surface area contributed by atoms with Crippen LogP contribution in [0.4, 0.5) is 0 Å². The van der Waals surface area contributed by atoms with Gasteiger partial charge in [0.05, 0.1) is 31.1 Å². The van der Waals surface area contributed by atoms with Crippen molar-refractivity contribution in [3.05, 3.63) is 48.8 Å². The number of amides is 1. The maximum atomic E-state index is 12.6. The molecule has 25 heavy (non-hydrogen) atoms. The molecule has 0 aromatic carbocycles. The average Bonchev–Trinajstić information content (AvgIpc) is 3.04. The summed E-state index contributed by atoms with van der Waals surface area (Å²) in [5.74, 6) is 0.656. The molecule has 0 saturated carbocycles. The number of carbonyl (C=O) groups excluding carboxylic acids is 1.